The van der Waals surface area contributed by atoms with Gasteiger partial charge in [-0.05, 0) is 50.7 Å². The third-order valence-electron chi connectivity index (χ3n) is 5.97. The molecule has 1 aromatic rings. The third-order valence-corrected chi connectivity index (χ3v) is 5.97. The first-order valence-electron chi connectivity index (χ1n) is 10.9. The van der Waals surface area contributed by atoms with Crippen LogP contribution in [0.15, 0.2) is 23.2 Å². The number of nitrogens with one attached hydrogen (secondary N) is 2. The van der Waals surface area contributed by atoms with E-state index in [0.717, 1.165) is 50.5 Å². The zero-order chi connectivity index (χ0) is 19.8. The topological polar surface area (TPSA) is 39.7 Å². The van der Waals surface area contributed by atoms with Gasteiger partial charge in [-0.15, -0.1) is 24.0 Å². The number of likely N-dealkylation sites (tertiary alicyclic amines) is 1. The molecule has 1 aliphatic carbocycles. The van der Waals surface area contributed by atoms with E-state index in [1.54, 1.807) is 0 Å². The summed E-state index contributed by atoms with van der Waals surface area (Å²) in [7, 11) is 0. The lowest BCUT2D eigenvalue weighted by Gasteiger charge is -2.39. The van der Waals surface area contributed by atoms with Gasteiger partial charge in [0.15, 0.2) is 5.96 Å². The van der Waals surface area contributed by atoms with Crippen molar-refractivity contribution in [3.05, 3.63) is 35.4 Å². The molecule has 1 aromatic carbocycles. The molecular formula is C22H35F2IN4. The molecule has 2 fully saturated rings. The average molecular weight is 520 g/mol. The molecule has 4 nitrogen and oxygen atoms in total. The standard InChI is InChI=1S/C22H34F2N4.HI/c1-2-25-22(26-13-10-17-8-9-18(23)16-21(17)24)27-19-11-14-28(15-12-19)20-6-4-3-5-7-20;/h8-9,16,19-20H,2-7,10-15H2,1H3,(H2,25,26,27);1H. The maximum atomic E-state index is 13.8. The molecule has 2 aliphatic rings. The fraction of sp³-hybridized carbons (Fsp3) is 0.682. The minimum Gasteiger partial charge on any atom is -0.357 e. The highest BCUT2D eigenvalue weighted by molar-refractivity contribution is 14.0. The van der Waals surface area contributed by atoms with Gasteiger partial charge >= 0.3 is 0 Å². The molecule has 0 amide bonds. The van der Waals surface area contributed by atoms with Gasteiger partial charge in [0, 0.05) is 44.3 Å². The Morgan fingerprint density at radius 3 is 2.48 bits per heavy atom. The lowest BCUT2D eigenvalue weighted by atomic mass is 9.92. The summed E-state index contributed by atoms with van der Waals surface area (Å²) in [6.45, 7) is 5.62. The highest BCUT2D eigenvalue weighted by Crippen LogP contribution is 2.25. The number of benzene rings is 1. The zero-order valence-corrected chi connectivity index (χ0v) is 19.8. The number of piperidine rings is 1. The molecule has 0 radical (unpaired) electrons. The molecule has 7 heteroatoms. The van der Waals surface area contributed by atoms with Crippen LogP contribution in [-0.4, -0.2) is 49.1 Å². The highest BCUT2D eigenvalue weighted by Gasteiger charge is 2.26. The van der Waals surface area contributed by atoms with Gasteiger partial charge in [0.25, 0.3) is 0 Å². The SMILES string of the molecule is CCNC(=NCCc1ccc(F)cc1F)NC1CCN(C2CCCCC2)CC1.I. The van der Waals surface area contributed by atoms with Gasteiger partial charge in [-0.1, -0.05) is 25.3 Å². The molecule has 2 N–H and O–H groups in total. The number of hydrogen-bond donors (Lipinski definition) is 2. The fourth-order valence-corrected chi connectivity index (χ4v) is 4.38. The molecule has 0 unspecified atom stereocenters. The Labute approximate surface area is 190 Å². The minimum absolute atomic E-state index is 0. The van der Waals surface area contributed by atoms with Gasteiger partial charge < -0.3 is 15.5 Å². The van der Waals surface area contributed by atoms with Crippen LogP contribution in [0.1, 0.15) is 57.4 Å². The maximum Gasteiger partial charge on any atom is 0.191 e. The second-order valence-electron chi connectivity index (χ2n) is 7.99. The van der Waals surface area contributed by atoms with Crippen molar-refractivity contribution in [2.75, 3.05) is 26.2 Å². The van der Waals surface area contributed by atoms with Crippen molar-refractivity contribution in [1.29, 1.82) is 0 Å². The van der Waals surface area contributed by atoms with Crippen molar-refractivity contribution in [2.45, 2.75) is 70.4 Å². The number of halogens is 3. The molecule has 1 aliphatic heterocycles. The van der Waals surface area contributed by atoms with E-state index in [1.807, 2.05) is 6.92 Å². The van der Waals surface area contributed by atoms with E-state index < -0.39 is 11.6 Å². The second kappa shape index (κ2) is 12.7. The van der Waals surface area contributed by atoms with E-state index in [-0.39, 0.29) is 24.0 Å². The Morgan fingerprint density at radius 1 is 1.10 bits per heavy atom. The first kappa shape index (κ1) is 24.3. The first-order chi connectivity index (χ1) is 13.7. The number of nitrogens with zero attached hydrogens (tertiary/aromatic N) is 2. The van der Waals surface area contributed by atoms with Crippen LogP contribution in [0.4, 0.5) is 8.78 Å². The van der Waals surface area contributed by atoms with Crippen LogP contribution < -0.4 is 10.6 Å². The van der Waals surface area contributed by atoms with Crippen LogP contribution in [0, 0.1) is 11.6 Å². The molecule has 1 heterocycles. The Balaban J connectivity index is 0.00000300. The van der Waals surface area contributed by atoms with Gasteiger partial charge in [-0.25, -0.2) is 8.78 Å². The van der Waals surface area contributed by atoms with Gasteiger partial charge in [-0.3, -0.25) is 4.99 Å². The molecule has 0 aromatic heterocycles. The summed E-state index contributed by atoms with van der Waals surface area (Å²) in [6, 6.07) is 4.96. The Kier molecular flexibility index (Phi) is 10.6. The molecular weight excluding hydrogens is 485 g/mol. The summed E-state index contributed by atoms with van der Waals surface area (Å²) in [5, 5.41) is 6.83. The van der Waals surface area contributed by atoms with Gasteiger partial charge in [-0.2, -0.15) is 0 Å². The van der Waals surface area contributed by atoms with Crippen molar-refractivity contribution in [3.8, 4) is 0 Å². The third kappa shape index (κ3) is 7.66. The Bertz CT molecular complexity index is 642. The summed E-state index contributed by atoms with van der Waals surface area (Å²) >= 11 is 0. The maximum absolute atomic E-state index is 13.8. The number of aliphatic imine (C=N–C) groups is 1. The van der Waals surface area contributed by atoms with E-state index in [0.29, 0.717) is 24.6 Å². The highest BCUT2D eigenvalue weighted by atomic mass is 127. The van der Waals surface area contributed by atoms with Crippen molar-refractivity contribution >= 4 is 29.9 Å². The summed E-state index contributed by atoms with van der Waals surface area (Å²) in [4.78, 5) is 7.27. The van der Waals surface area contributed by atoms with Crippen LogP contribution in [-0.2, 0) is 6.42 Å². The van der Waals surface area contributed by atoms with Crippen LogP contribution in [0.2, 0.25) is 0 Å². The smallest absolute Gasteiger partial charge is 0.191 e. The molecule has 29 heavy (non-hydrogen) atoms. The molecule has 0 spiro atoms. The van der Waals surface area contributed by atoms with Crippen LogP contribution in [0.25, 0.3) is 0 Å². The molecule has 1 saturated carbocycles. The van der Waals surface area contributed by atoms with E-state index >= 15 is 0 Å². The predicted octanol–water partition coefficient (Wildman–Crippen LogP) is 4.48. The molecule has 3 rings (SSSR count). The summed E-state index contributed by atoms with van der Waals surface area (Å²) in [5.74, 6) is -0.247. The monoisotopic (exact) mass is 520 g/mol. The van der Waals surface area contributed by atoms with E-state index in [4.69, 9.17) is 0 Å². The zero-order valence-electron chi connectivity index (χ0n) is 17.4. The molecule has 1 saturated heterocycles. The van der Waals surface area contributed by atoms with Gasteiger partial charge in [0.05, 0.1) is 0 Å². The number of hydrogen-bond acceptors (Lipinski definition) is 2. The Hall–Kier alpha value is -0.960. The molecule has 0 bridgehead atoms. The lowest BCUT2D eigenvalue weighted by molar-refractivity contribution is 0.119. The Morgan fingerprint density at radius 2 is 1.83 bits per heavy atom. The summed E-state index contributed by atoms with van der Waals surface area (Å²) in [5.41, 5.74) is 0.502. The lowest BCUT2D eigenvalue weighted by Crippen LogP contribution is -2.51. The molecule has 0 atom stereocenters. The fourth-order valence-electron chi connectivity index (χ4n) is 4.38. The van der Waals surface area contributed by atoms with E-state index in [1.165, 1.54) is 44.2 Å². The van der Waals surface area contributed by atoms with Crippen molar-refractivity contribution in [3.63, 3.8) is 0 Å². The first-order valence-corrected chi connectivity index (χ1v) is 10.9. The number of rotatable bonds is 6. The van der Waals surface area contributed by atoms with Crippen LogP contribution in [0.5, 0.6) is 0 Å². The van der Waals surface area contributed by atoms with Crippen molar-refractivity contribution < 1.29 is 8.78 Å². The minimum atomic E-state index is -0.542. The average Bonchev–Trinajstić information content (AvgIpc) is 2.71. The van der Waals surface area contributed by atoms with Gasteiger partial charge in [0.2, 0.25) is 0 Å². The van der Waals surface area contributed by atoms with Crippen LogP contribution >= 0.6 is 24.0 Å². The normalized spacial score (nSPS) is 19.6. The van der Waals surface area contributed by atoms with Crippen LogP contribution in [0.3, 0.4) is 0 Å². The van der Waals surface area contributed by atoms with Crippen molar-refractivity contribution in [2.24, 2.45) is 4.99 Å². The molecule has 164 valence electrons. The quantitative estimate of drug-likeness (QED) is 0.330. The van der Waals surface area contributed by atoms with Gasteiger partial charge in [0.1, 0.15) is 11.6 Å². The summed E-state index contributed by atoms with van der Waals surface area (Å²) < 4.78 is 26.8. The van der Waals surface area contributed by atoms with E-state index in [9.17, 15) is 8.78 Å². The second-order valence-corrected chi connectivity index (χ2v) is 7.99. The van der Waals surface area contributed by atoms with Crippen molar-refractivity contribution in [1.82, 2.24) is 15.5 Å². The largest absolute Gasteiger partial charge is 0.357 e. The van der Waals surface area contributed by atoms with E-state index in [2.05, 4.69) is 20.5 Å². The number of guanidine groups is 1. The summed E-state index contributed by atoms with van der Waals surface area (Å²) in [6.07, 6.45) is 9.62. The predicted molar refractivity (Wildman–Crippen MR) is 126 cm³/mol.